The molecule has 0 atom stereocenters. The fourth-order valence-electron chi connectivity index (χ4n) is 2.51. The highest BCUT2D eigenvalue weighted by Crippen LogP contribution is 2.26. The van der Waals surface area contributed by atoms with Crippen LogP contribution in [0.2, 0.25) is 0 Å². The van der Waals surface area contributed by atoms with Crippen molar-refractivity contribution in [3.05, 3.63) is 59.2 Å². The number of carbonyl (C=O) groups is 1. The van der Waals surface area contributed by atoms with Gasteiger partial charge in [0.15, 0.2) is 0 Å². The Balaban J connectivity index is 1.80. The number of benzene rings is 2. The molecule has 1 aliphatic rings. The molecule has 0 aliphatic carbocycles. The third-order valence-electron chi connectivity index (χ3n) is 3.58. The normalized spacial score (nSPS) is 12.6. The summed E-state index contributed by atoms with van der Waals surface area (Å²) < 4.78 is 5.46. The van der Waals surface area contributed by atoms with Crippen LogP contribution < -0.4 is 15.4 Å². The Morgan fingerprint density at radius 3 is 2.95 bits per heavy atom. The van der Waals surface area contributed by atoms with Gasteiger partial charge in [0.05, 0.1) is 6.61 Å². The second kappa shape index (κ2) is 5.97. The highest BCUT2D eigenvalue weighted by molar-refractivity contribution is 6.04. The average molecular weight is 282 g/mol. The Bertz CT molecular complexity index is 668. The van der Waals surface area contributed by atoms with Crippen molar-refractivity contribution in [1.29, 1.82) is 0 Å². The standard InChI is InChI=1S/C17H18N2O2/c1-18-11-14-4-2-3-5-15(14)19-17(20)13-6-7-16-12(10-13)8-9-21-16/h2-7,10,18H,8-9,11H2,1H3,(H,19,20). The maximum atomic E-state index is 12.4. The number of amides is 1. The Morgan fingerprint density at radius 1 is 1.24 bits per heavy atom. The molecule has 1 heterocycles. The van der Waals surface area contributed by atoms with Crippen molar-refractivity contribution in [3.63, 3.8) is 0 Å². The number of carbonyl (C=O) groups excluding carboxylic acids is 1. The lowest BCUT2D eigenvalue weighted by atomic mass is 10.1. The number of hydrogen-bond donors (Lipinski definition) is 2. The molecule has 0 saturated heterocycles. The summed E-state index contributed by atoms with van der Waals surface area (Å²) in [6.07, 6.45) is 0.868. The van der Waals surface area contributed by atoms with Crippen molar-refractivity contribution in [2.24, 2.45) is 0 Å². The average Bonchev–Trinajstić information content (AvgIpc) is 2.97. The molecule has 2 aromatic carbocycles. The quantitative estimate of drug-likeness (QED) is 0.906. The van der Waals surface area contributed by atoms with Gasteiger partial charge in [-0.2, -0.15) is 0 Å². The van der Waals surface area contributed by atoms with Gasteiger partial charge >= 0.3 is 0 Å². The van der Waals surface area contributed by atoms with E-state index in [1.807, 2.05) is 43.4 Å². The van der Waals surface area contributed by atoms with Gasteiger partial charge in [-0.15, -0.1) is 0 Å². The third-order valence-corrected chi connectivity index (χ3v) is 3.58. The van der Waals surface area contributed by atoms with Crippen molar-refractivity contribution in [2.75, 3.05) is 19.0 Å². The number of ether oxygens (including phenoxy) is 1. The zero-order chi connectivity index (χ0) is 14.7. The van der Waals surface area contributed by atoms with Crippen LogP contribution in [0.1, 0.15) is 21.5 Å². The predicted molar refractivity (Wildman–Crippen MR) is 82.8 cm³/mol. The smallest absolute Gasteiger partial charge is 0.255 e. The van der Waals surface area contributed by atoms with Crippen LogP contribution in [0.25, 0.3) is 0 Å². The summed E-state index contributed by atoms with van der Waals surface area (Å²) in [5.74, 6) is 0.801. The van der Waals surface area contributed by atoms with Gasteiger partial charge in [0, 0.05) is 24.2 Å². The molecular formula is C17H18N2O2. The van der Waals surface area contributed by atoms with Crippen LogP contribution in [-0.2, 0) is 13.0 Å². The van der Waals surface area contributed by atoms with Crippen LogP contribution in [-0.4, -0.2) is 19.6 Å². The highest BCUT2D eigenvalue weighted by Gasteiger charge is 2.15. The number of para-hydroxylation sites is 1. The zero-order valence-electron chi connectivity index (χ0n) is 12.0. The number of anilines is 1. The maximum Gasteiger partial charge on any atom is 0.255 e. The van der Waals surface area contributed by atoms with E-state index in [1.165, 1.54) is 0 Å². The van der Waals surface area contributed by atoms with Gasteiger partial charge in [0.1, 0.15) is 5.75 Å². The van der Waals surface area contributed by atoms with Crippen LogP contribution in [0.4, 0.5) is 5.69 Å². The molecule has 2 N–H and O–H groups in total. The number of nitrogens with one attached hydrogen (secondary N) is 2. The van der Waals surface area contributed by atoms with E-state index in [0.29, 0.717) is 18.7 Å². The van der Waals surface area contributed by atoms with E-state index in [-0.39, 0.29) is 5.91 Å². The lowest BCUT2D eigenvalue weighted by Crippen LogP contribution is -2.15. The summed E-state index contributed by atoms with van der Waals surface area (Å²) in [7, 11) is 1.89. The molecule has 1 amide bonds. The first-order chi connectivity index (χ1) is 10.3. The molecule has 0 spiro atoms. The summed E-state index contributed by atoms with van der Waals surface area (Å²) in [6, 6.07) is 13.4. The van der Waals surface area contributed by atoms with E-state index in [9.17, 15) is 4.79 Å². The highest BCUT2D eigenvalue weighted by atomic mass is 16.5. The molecule has 4 heteroatoms. The molecule has 4 nitrogen and oxygen atoms in total. The lowest BCUT2D eigenvalue weighted by Gasteiger charge is -2.11. The SMILES string of the molecule is CNCc1ccccc1NC(=O)c1ccc2c(c1)CCO2. The fraction of sp³-hybridized carbons (Fsp3) is 0.235. The summed E-state index contributed by atoms with van der Waals surface area (Å²) in [5.41, 5.74) is 3.68. The van der Waals surface area contributed by atoms with Crippen LogP contribution >= 0.6 is 0 Å². The van der Waals surface area contributed by atoms with Gasteiger partial charge in [-0.05, 0) is 42.4 Å². The van der Waals surface area contributed by atoms with Crippen molar-refractivity contribution in [3.8, 4) is 5.75 Å². The van der Waals surface area contributed by atoms with Gasteiger partial charge in [0.25, 0.3) is 5.91 Å². The molecule has 3 rings (SSSR count). The van der Waals surface area contributed by atoms with Gasteiger partial charge in [-0.3, -0.25) is 4.79 Å². The third kappa shape index (κ3) is 2.90. The minimum Gasteiger partial charge on any atom is -0.493 e. The molecular weight excluding hydrogens is 264 g/mol. The maximum absolute atomic E-state index is 12.4. The summed E-state index contributed by atoms with van der Waals surface area (Å²) in [6.45, 7) is 1.42. The first-order valence-electron chi connectivity index (χ1n) is 7.07. The molecule has 108 valence electrons. The molecule has 0 aromatic heterocycles. The van der Waals surface area contributed by atoms with E-state index in [1.54, 1.807) is 6.07 Å². The van der Waals surface area contributed by atoms with Gasteiger partial charge in [-0.25, -0.2) is 0 Å². The van der Waals surface area contributed by atoms with Crippen molar-refractivity contribution in [1.82, 2.24) is 5.32 Å². The molecule has 0 saturated carbocycles. The Kier molecular flexibility index (Phi) is 3.88. The van der Waals surface area contributed by atoms with Crippen molar-refractivity contribution < 1.29 is 9.53 Å². The number of rotatable bonds is 4. The molecule has 0 unspecified atom stereocenters. The van der Waals surface area contributed by atoms with Gasteiger partial charge in [0.2, 0.25) is 0 Å². The molecule has 0 radical (unpaired) electrons. The zero-order valence-corrected chi connectivity index (χ0v) is 12.0. The summed E-state index contributed by atoms with van der Waals surface area (Å²) >= 11 is 0. The van der Waals surface area contributed by atoms with Crippen LogP contribution in [0, 0.1) is 0 Å². The molecule has 2 aromatic rings. The summed E-state index contributed by atoms with van der Waals surface area (Å²) in [4.78, 5) is 12.4. The monoisotopic (exact) mass is 282 g/mol. The lowest BCUT2D eigenvalue weighted by molar-refractivity contribution is 0.102. The first kappa shape index (κ1) is 13.6. The topological polar surface area (TPSA) is 50.4 Å². The minimum atomic E-state index is -0.0896. The fourth-order valence-corrected chi connectivity index (χ4v) is 2.51. The van der Waals surface area contributed by atoms with E-state index in [4.69, 9.17) is 4.74 Å². The van der Waals surface area contributed by atoms with E-state index < -0.39 is 0 Å². The van der Waals surface area contributed by atoms with Crippen LogP contribution in [0.15, 0.2) is 42.5 Å². The largest absolute Gasteiger partial charge is 0.493 e. The van der Waals surface area contributed by atoms with Crippen molar-refractivity contribution in [2.45, 2.75) is 13.0 Å². The van der Waals surface area contributed by atoms with Crippen LogP contribution in [0.5, 0.6) is 5.75 Å². The van der Waals surface area contributed by atoms with Crippen LogP contribution in [0.3, 0.4) is 0 Å². The first-order valence-corrected chi connectivity index (χ1v) is 7.07. The molecule has 21 heavy (non-hydrogen) atoms. The van der Waals surface area contributed by atoms with Crippen molar-refractivity contribution >= 4 is 11.6 Å². The Labute approximate surface area is 124 Å². The van der Waals surface area contributed by atoms with E-state index in [2.05, 4.69) is 10.6 Å². The van der Waals surface area contributed by atoms with E-state index in [0.717, 1.165) is 29.0 Å². The predicted octanol–water partition coefficient (Wildman–Crippen LogP) is 2.59. The minimum absolute atomic E-state index is 0.0896. The molecule has 0 bridgehead atoms. The second-order valence-electron chi connectivity index (χ2n) is 5.06. The van der Waals surface area contributed by atoms with E-state index >= 15 is 0 Å². The number of fused-ring (bicyclic) bond motifs is 1. The van der Waals surface area contributed by atoms with Gasteiger partial charge < -0.3 is 15.4 Å². The summed E-state index contributed by atoms with van der Waals surface area (Å²) in [5, 5.41) is 6.09. The second-order valence-corrected chi connectivity index (χ2v) is 5.06. The number of hydrogen-bond acceptors (Lipinski definition) is 3. The molecule has 0 fully saturated rings. The van der Waals surface area contributed by atoms with Gasteiger partial charge in [-0.1, -0.05) is 18.2 Å². The Hall–Kier alpha value is -2.33. The Morgan fingerprint density at radius 2 is 2.10 bits per heavy atom. The molecule has 1 aliphatic heterocycles.